The highest BCUT2D eigenvalue weighted by molar-refractivity contribution is 7.89. The van der Waals surface area contributed by atoms with Crippen LogP contribution < -0.4 is 10.2 Å². The molecule has 2 amide bonds. The molecule has 1 aromatic rings. The molecule has 1 saturated heterocycles. The molecular weight excluding hydrogens is 426 g/mol. The number of hydrogen-bond acceptors (Lipinski definition) is 4. The first-order chi connectivity index (χ1) is 15.2. The van der Waals surface area contributed by atoms with Gasteiger partial charge in [-0.25, -0.2) is 8.42 Å². The average Bonchev–Trinajstić information content (AvgIpc) is 2.70. The second-order valence-corrected chi connectivity index (χ2v) is 11.5. The summed E-state index contributed by atoms with van der Waals surface area (Å²) in [6.45, 7) is 5.10. The number of para-hydroxylation sites is 1. The van der Waals surface area contributed by atoms with Gasteiger partial charge in [0.1, 0.15) is 5.54 Å². The Morgan fingerprint density at radius 2 is 1.75 bits per heavy atom. The molecule has 2 aliphatic rings. The van der Waals surface area contributed by atoms with Crippen molar-refractivity contribution in [2.45, 2.75) is 83.7 Å². The van der Waals surface area contributed by atoms with E-state index < -0.39 is 15.6 Å². The maximum Gasteiger partial charge on any atom is 0.247 e. The summed E-state index contributed by atoms with van der Waals surface area (Å²) in [7, 11) is -3.62. The minimum Gasteiger partial charge on any atom is -0.351 e. The maximum absolute atomic E-state index is 13.7. The number of carbonyl (C=O) groups excluding carboxylic acids is 2. The first-order valence-electron chi connectivity index (χ1n) is 11.9. The van der Waals surface area contributed by atoms with Gasteiger partial charge < -0.3 is 5.32 Å². The van der Waals surface area contributed by atoms with Crippen LogP contribution in [0.25, 0.3) is 0 Å². The molecule has 1 aromatic carbocycles. The highest BCUT2D eigenvalue weighted by Gasteiger charge is 2.51. The second-order valence-electron chi connectivity index (χ2n) is 9.39. The quantitative estimate of drug-likeness (QED) is 0.701. The predicted octanol–water partition coefficient (Wildman–Crippen LogP) is 3.37. The lowest BCUT2D eigenvalue weighted by molar-refractivity contribution is -0.133. The smallest absolute Gasteiger partial charge is 0.247 e. The molecule has 2 fully saturated rings. The van der Waals surface area contributed by atoms with Crippen molar-refractivity contribution in [2.24, 2.45) is 0 Å². The molecule has 0 aromatic heterocycles. The van der Waals surface area contributed by atoms with E-state index in [9.17, 15) is 18.0 Å². The van der Waals surface area contributed by atoms with Gasteiger partial charge >= 0.3 is 0 Å². The van der Waals surface area contributed by atoms with E-state index in [1.807, 2.05) is 31.2 Å². The lowest BCUT2D eigenvalue weighted by Crippen LogP contribution is -2.71. The van der Waals surface area contributed by atoms with E-state index in [2.05, 4.69) is 5.32 Å². The fourth-order valence-corrected chi connectivity index (χ4v) is 6.41. The Morgan fingerprint density at radius 1 is 1.12 bits per heavy atom. The highest BCUT2D eigenvalue weighted by atomic mass is 32.2. The number of aryl methyl sites for hydroxylation is 1. The van der Waals surface area contributed by atoms with Gasteiger partial charge in [-0.05, 0) is 44.7 Å². The van der Waals surface area contributed by atoms with E-state index in [0.717, 1.165) is 31.2 Å². The summed E-state index contributed by atoms with van der Waals surface area (Å²) in [5, 5.41) is 3.19. The minimum atomic E-state index is -3.62. The van der Waals surface area contributed by atoms with Crippen molar-refractivity contribution in [3.8, 4) is 0 Å². The van der Waals surface area contributed by atoms with Crippen molar-refractivity contribution in [1.29, 1.82) is 0 Å². The Hall–Kier alpha value is -1.93. The molecule has 0 radical (unpaired) electrons. The van der Waals surface area contributed by atoms with Crippen LogP contribution in [-0.2, 0) is 19.6 Å². The van der Waals surface area contributed by atoms with Gasteiger partial charge in [-0.15, -0.1) is 0 Å². The van der Waals surface area contributed by atoms with Crippen molar-refractivity contribution >= 4 is 27.5 Å². The first-order valence-corrected chi connectivity index (χ1v) is 13.5. The summed E-state index contributed by atoms with van der Waals surface area (Å²) in [5.74, 6) is -0.693. The number of benzene rings is 1. The van der Waals surface area contributed by atoms with Gasteiger partial charge in [0.25, 0.3) is 0 Å². The number of piperazine rings is 1. The number of nitrogens with one attached hydrogen (secondary N) is 1. The minimum absolute atomic E-state index is 0.0367. The molecule has 0 unspecified atom stereocenters. The van der Waals surface area contributed by atoms with Crippen LogP contribution in [0.5, 0.6) is 0 Å². The van der Waals surface area contributed by atoms with Crippen LogP contribution in [0, 0.1) is 6.92 Å². The molecule has 32 heavy (non-hydrogen) atoms. The molecule has 1 heterocycles. The number of rotatable bonds is 6. The van der Waals surface area contributed by atoms with Crippen LogP contribution in [0.1, 0.15) is 70.8 Å². The monoisotopic (exact) mass is 463 g/mol. The highest BCUT2D eigenvalue weighted by Crippen LogP contribution is 2.33. The van der Waals surface area contributed by atoms with Gasteiger partial charge in [0.2, 0.25) is 21.8 Å². The normalized spacial score (nSPS) is 24.1. The van der Waals surface area contributed by atoms with E-state index in [1.54, 1.807) is 13.8 Å². The van der Waals surface area contributed by atoms with Crippen LogP contribution in [0.15, 0.2) is 24.3 Å². The SMILES string of the molecule is CCCS(=O)(=O)N1CC(=O)N(c2ccccc2C)[C@@](C)(C(=O)NC2CCCCCCC2)C1. The van der Waals surface area contributed by atoms with Crippen molar-refractivity contribution in [1.82, 2.24) is 9.62 Å². The van der Waals surface area contributed by atoms with Gasteiger partial charge in [0, 0.05) is 18.3 Å². The molecule has 1 N–H and O–H groups in total. The van der Waals surface area contributed by atoms with Crippen LogP contribution >= 0.6 is 0 Å². The molecular formula is C24H37N3O4S. The van der Waals surface area contributed by atoms with Gasteiger partial charge in [0.05, 0.1) is 12.3 Å². The number of hydrogen-bond donors (Lipinski definition) is 1. The topological polar surface area (TPSA) is 86.8 Å². The Morgan fingerprint density at radius 3 is 2.38 bits per heavy atom. The van der Waals surface area contributed by atoms with E-state index in [0.29, 0.717) is 12.1 Å². The number of sulfonamides is 1. The predicted molar refractivity (Wildman–Crippen MR) is 127 cm³/mol. The largest absolute Gasteiger partial charge is 0.351 e. The summed E-state index contributed by atoms with van der Waals surface area (Å²) in [4.78, 5) is 28.6. The van der Waals surface area contributed by atoms with Crippen molar-refractivity contribution in [3.63, 3.8) is 0 Å². The molecule has 1 aliphatic carbocycles. The third kappa shape index (κ3) is 5.34. The number of anilines is 1. The number of nitrogens with zero attached hydrogens (tertiary/aromatic N) is 2. The molecule has 1 atom stereocenters. The summed E-state index contributed by atoms with van der Waals surface area (Å²) in [6.07, 6.45) is 7.99. The first kappa shape index (κ1) is 24.7. The third-order valence-electron chi connectivity index (χ3n) is 6.68. The van der Waals surface area contributed by atoms with E-state index in [1.165, 1.54) is 28.5 Å². The zero-order chi connectivity index (χ0) is 23.4. The van der Waals surface area contributed by atoms with E-state index in [-0.39, 0.29) is 36.7 Å². The molecule has 178 valence electrons. The van der Waals surface area contributed by atoms with Crippen molar-refractivity contribution in [3.05, 3.63) is 29.8 Å². The summed E-state index contributed by atoms with van der Waals surface area (Å²) < 4.78 is 26.9. The van der Waals surface area contributed by atoms with Crippen LogP contribution in [0.2, 0.25) is 0 Å². The van der Waals surface area contributed by atoms with E-state index >= 15 is 0 Å². The van der Waals surface area contributed by atoms with Crippen LogP contribution in [0.3, 0.4) is 0 Å². The summed E-state index contributed by atoms with van der Waals surface area (Å²) in [5.41, 5.74) is 0.195. The Balaban J connectivity index is 1.96. The van der Waals surface area contributed by atoms with E-state index in [4.69, 9.17) is 0 Å². The fraction of sp³-hybridized carbons (Fsp3) is 0.667. The van der Waals surface area contributed by atoms with Crippen LogP contribution in [-0.4, -0.2) is 55.0 Å². The zero-order valence-electron chi connectivity index (χ0n) is 19.6. The molecule has 3 rings (SSSR count). The van der Waals surface area contributed by atoms with Crippen LogP contribution in [0.4, 0.5) is 5.69 Å². The summed E-state index contributed by atoms with van der Waals surface area (Å²) in [6, 6.07) is 7.50. The lowest BCUT2D eigenvalue weighted by Gasteiger charge is -2.47. The molecule has 8 heteroatoms. The van der Waals surface area contributed by atoms with Gasteiger partial charge in [-0.2, -0.15) is 4.31 Å². The Kier molecular flexibility index (Phi) is 7.98. The zero-order valence-corrected chi connectivity index (χ0v) is 20.4. The average molecular weight is 464 g/mol. The molecule has 0 bridgehead atoms. The van der Waals surface area contributed by atoms with Gasteiger partial charge in [-0.3, -0.25) is 14.5 Å². The molecule has 7 nitrogen and oxygen atoms in total. The number of amides is 2. The van der Waals surface area contributed by atoms with Gasteiger partial charge in [-0.1, -0.05) is 57.2 Å². The third-order valence-corrected chi connectivity index (χ3v) is 8.65. The van der Waals surface area contributed by atoms with Crippen molar-refractivity contribution < 1.29 is 18.0 Å². The summed E-state index contributed by atoms with van der Waals surface area (Å²) >= 11 is 0. The Bertz CT molecular complexity index is 925. The standard InChI is InChI=1S/C24H37N3O4S/c1-4-16-32(30,31)26-17-22(28)27(21-15-11-10-12-19(21)2)24(3,18-26)23(29)25-20-13-8-6-5-7-9-14-20/h10-12,15,20H,4-9,13-14,16-18H2,1-3H3,(H,25,29)/t24-/m1/s1. The lowest BCUT2D eigenvalue weighted by atomic mass is 9.91. The second kappa shape index (κ2) is 10.3. The van der Waals surface area contributed by atoms with Crippen molar-refractivity contribution in [2.75, 3.05) is 23.7 Å². The molecule has 1 aliphatic heterocycles. The Labute approximate surface area is 192 Å². The fourth-order valence-electron chi connectivity index (χ4n) is 4.88. The van der Waals surface area contributed by atoms with Gasteiger partial charge in [0.15, 0.2) is 0 Å². The molecule has 0 spiro atoms. The number of carbonyl (C=O) groups is 2. The molecule has 1 saturated carbocycles. The maximum atomic E-state index is 13.7.